The van der Waals surface area contributed by atoms with Crippen molar-refractivity contribution in [2.45, 2.75) is 17.8 Å². The van der Waals surface area contributed by atoms with Crippen LogP contribution in [0.25, 0.3) is 0 Å². The predicted molar refractivity (Wildman–Crippen MR) is 79.5 cm³/mol. The lowest BCUT2D eigenvalue weighted by atomic mass is 9.91. The molecule has 27 heavy (non-hydrogen) atoms. The smallest absolute Gasteiger partial charge is 0.380 e. The van der Waals surface area contributed by atoms with Gasteiger partial charge in [-0.2, -0.15) is 26.3 Å². The quantitative estimate of drug-likeness (QED) is 0.705. The van der Waals surface area contributed by atoms with E-state index in [-0.39, 0.29) is 6.07 Å². The van der Waals surface area contributed by atoms with Gasteiger partial charge in [0.2, 0.25) is 0 Å². The van der Waals surface area contributed by atoms with Crippen molar-refractivity contribution in [3.63, 3.8) is 0 Å². The summed E-state index contributed by atoms with van der Waals surface area (Å²) in [5.74, 6) is -20.0. The molecule has 0 amide bonds. The van der Waals surface area contributed by atoms with Crippen molar-refractivity contribution in [1.29, 1.82) is 0 Å². The van der Waals surface area contributed by atoms with E-state index in [2.05, 4.69) is 0 Å². The van der Waals surface area contributed by atoms with Crippen LogP contribution in [0.1, 0.15) is 31.8 Å². The molecule has 0 heterocycles. The van der Waals surface area contributed by atoms with Gasteiger partial charge in [-0.05, 0) is 24.3 Å². The first kappa shape index (κ1) is 20.3. The summed E-state index contributed by atoms with van der Waals surface area (Å²) in [6.45, 7) is 0. The Morgan fingerprint density at radius 1 is 0.667 bits per heavy atom. The van der Waals surface area contributed by atoms with E-state index in [0.29, 0.717) is 30.3 Å². The van der Waals surface area contributed by atoms with Gasteiger partial charge in [0.25, 0.3) is 0 Å². The first-order chi connectivity index (χ1) is 12.3. The highest BCUT2D eigenvalue weighted by Gasteiger charge is 2.72. The number of aromatic carboxylic acids is 2. The zero-order chi connectivity index (χ0) is 20.6. The molecule has 2 N–H and O–H groups in total. The summed E-state index contributed by atoms with van der Waals surface area (Å²) in [4.78, 5) is 21.5. The molecule has 2 rings (SSSR count). The Balaban J connectivity index is 2.51. The Labute approximate surface area is 147 Å². The summed E-state index contributed by atoms with van der Waals surface area (Å²) < 4.78 is 85.3. The fourth-order valence-corrected chi connectivity index (χ4v) is 2.23. The minimum absolute atomic E-state index is 0.180. The van der Waals surface area contributed by atoms with Gasteiger partial charge in [-0.25, -0.2) is 9.59 Å². The van der Waals surface area contributed by atoms with Gasteiger partial charge in [-0.15, -0.1) is 0 Å². The Morgan fingerprint density at radius 2 is 1.15 bits per heavy atom. The summed E-state index contributed by atoms with van der Waals surface area (Å²) in [6, 6.07) is 3.91. The van der Waals surface area contributed by atoms with E-state index >= 15 is 0 Å². The second-order valence-corrected chi connectivity index (χ2v) is 5.49. The third-order valence-corrected chi connectivity index (χ3v) is 3.76. The highest BCUT2D eigenvalue weighted by molar-refractivity contribution is 5.88. The lowest BCUT2D eigenvalue weighted by Gasteiger charge is -2.33. The number of carbonyl (C=O) groups is 2. The predicted octanol–water partition coefficient (Wildman–Crippen LogP) is 4.60. The summed E-state index contributed by atoms with van der Waals surface area (Å²) in [5.41, 5.74) is -4.41. The van der Waals surface area contributed by atoms with Crippen LogP contribution >= 0.6 is 0 Å². The molecule has 0 radical (unpaired) electrons. The zero-order valence-corrected chi connectivity index (χ0v) is 13.1. The van der Waals surface area contributed by atoms with Crippen molar-refractivity contribution in [3.8, 4) is 0 Å². The van der Waals surface area contributed by atoms with E-state index in [1.54, 1.807) is 0 Å². The second kappa shape index (κ2) is 6.60. The van der Waals surface area contributed by atoms with Crippen LogP contribution in [0.5, 0.6) is 0 Å². The minimum Gasteiger partial charge on any atom is -0.478 e. The molecule has 0 aliphatic rings. The number of alkyl halides is 6. The van der Waals surface area contributed by atoms with Crippen LogP contribution in [0.2, 0.25) is 0 Å². The van der Waals surface area contributed by atoms with Crippen molar-refractivity contribution in [2.24, 2.45) is 0 Å². The van der Waals surface area contributed by atoms with Gasteiger partial charge < -0.3 is 10.2 Å². The molecule has 0 atom stereocenters. The summed E-state index contributed by atoms with van der Waals surface area (Å²) in [7, 11) is 0. The molecule has 0 fully saturated rings. The van der Waals surface area contributed by atoms with Crippen LogP contribution in [-0.2, 0) is 11.8 Å². The summed E-state index contributed by atoms with van der Waals surface area (Å²) in [5, 5.41) is 17.4. The fourth-order valence-electron chi connectivity index (χ4n) is 2.23. The van der Waals surface area contributed by atoms with Gasteiger partial charge >= 0.3 is 29.7 Å². The van der Waals surface area contributed by atoms with Crippen LogP contribution < -0.4 is 0 Å². The maximum Gasteiger partial charge on any atom is 0.380 e. The Kier molecular flexibility index (Phi) is 4.96. The van der Waals surface area contributed by atoms with Crippen LogP contribution in [0.15, 0.2) is 48.5 Å². The molecule has 0 bridgehead atoms. The second-order valence-electron chi connectivity index (χ2n) is 5.49. The molecule has 2 aromatic rings. The molecule has 0 saturated carbocycles. The van der Waals surface area contributed by atoms with Gasteiger partial charge in [0.05, 0.1) is 11.1 Å². The molecular formula is C17H10F6O4. The third kappa shape index (κ3) is 3.34. The molecule has 4 nitrogen and oxygen atoms in total. The lowest BCUT2D eigenvalue weighted by Crippen LogP contribution is -2.50. The van der Waals surface area contributed by atoms with Gasteiger partial charge in [0, 0.05) is 11.1 Å². The maximum atomic E-state index is 14.2. The zero-order valence-electron chi connectivity index (χ0n) is 13.1. The topological polar surface area (TPSA) is 74.6 Å². The SMILES string of the molecule is O=C(O)c1ccc(C(F)(F)C(F)(F)C(F)(F)c2cccc(C(=O)O)c2)cc1. The van der Waals surface area contributed by atoms with Crippen molar-refractivity contribution >= 4 is 11.9 Å². The number of halogens is 6. The molecule has 0 saturated heterocycles. The number of hydrogen-bond donors (Lipinski definition) is 2. The largest absolute Gasteiger partial charge is 0.478 e. The molecule has 0 unspecified atom stereocenters. The van der Waals surface area contributed by atoms with E-state index in [0.717, 1.165) is 12.1 Å². The van der Waals surface area contributed by atoms with Crippen molar-refractivity contribution in [3.05, 3.63) is 70.8 Å². The Hall–Kier alpha value is -3.04. The van der Waals surface area contributed by atoms with Crippen LogP contribution in [0, 0.1) is 0 Å². The molecule has 0 aromatic heterocycles. The molecule has 10 heteroatoms. The number of hydrogen-bond acceptors (Lipinski definition) is 2. The van der Waals surface area contributed by atoms with Crippen LogP contribution in [-0.4, -0.2) is 28.1 Å². The van der Waals surface area contributed by atoms with Crippen molar-refractivity contribution < 1.29 is 46.1 Å². The minimum atomic E-state index is -5.94. The van der Waals surface area contributed by atoms with Gasteiger partial charge in [-0.1, -0.05) is 24.3 Å². The highest BCUT2D eigenvalue weighted by atomic mass is 19.3. The van der Waals surface area contributed by atoms with Gasteiger partial charge in [-0.3, -0.25) is 0 Å². The number of rotatable bonds is 6. The lowest BCUT2D eigenvalue weighted by molar-refractivity contribution is -0.321. The number of carboxylic acid groups (broad SMARTS) is 2. The first-order valence-electron chi connectivity index (χ1n) is 7.13. The Bertz CT molecular complexity index is 877. The van der Waals surface area contributed by atoms with Crippen LogP contribution in [0.3, 0.4) is 0 Å². The number of benzene rings is 2. The summed E-state index contributed by atoms with van der Waals surface area (Å²) in [6.07, 6.45) is 0. The van der Waals surface area contributed by atoms with E-state index in [9.17, 15) is 35.9 Å². The summed E-state index contributed by atoms with van der Waals surface area (Å²) >= 11 is 0. The monoisotopic (exact) mass is 392 g/mol. The number of carboxylic acids is 2. The molecule has 144 valence electrons. The fraction of sp³-hybridized carbons (Fsp3) is 0.176. The van der Waals surface area contributed by atoms with E-state index in [4.69, 9.17) is 10.2 Å². The molecule has 0 spiro atoms. The third-order valence-electron chi connectivity index (χ3n) is 3.76. The normalized spacial score (nSPS) is 12.7. The highest BCUT2D eigenvalue weighted by Crippen LogP contribution is 2.55. The van der Waals surface area contributed by atoms with Crippen LogP contribution in [0.4, 0.5) is 26.3 Å². The molecule has 0 aliphatic heterocycles. The first-order valence-corrected chi connectivity index (χ1v) is 7.13. The average molecular weight is 392 g/mol. The van der Waals surface area contributed by atoms with Crippen molar-refractivity contribution in [1.82, 2.24) is 0 Å². The van der Waals surface area contributed by atoms with Gasteiger partial charge in [0.1, 0.15) is 0 Å². The standard InChI is InChI=1S/C17H10F6O4/c18-15(19,11-6-4-9(5-7-11)13(24)25)17(22,23)16(20,21)12-3-1-2-10(8-12)14(26)27/h1-8H,(H,24,25)(H,26,27). The van der Waals surface area contributed by atoms with E-state index < -0.39 is 52.0 Å². The van der Waals surface area contributed by atoms with Crippen molar-refractivity contribution in [2.75, 3.05) is 0 Å². The molecule has 2 aromatic carbocycles. The van der Waals surface area contributed by atoms with Gasteiger partial charge in [0.15, 0.2) is 0 Å². The molecular weight excluding hydrogens is 382 g/mol. The van der Waals surface area contributed by atoms with E-state index in [1.165, 1.54) is 0 Å². The molecule has 0 aliphatic carbocycles. The maximum absolute atomic E-state index is 14.2. The Morgan fingerprint density at radius 3 is 1.63 bits per heavy atom. The van der Waals surface area contributed by atoms with E-state index in [1.807, 2.05) is 0 Å². The average Bonchev–Trinajstić information content (AvgIpc) is 2.61.